The minimum atomic E-state index is 0.181. The molecule has 0 aromatic heterocycles. The van der Waals surface area contributed by atoms with Crippen LogP contribution < -0.4 is 0 Å². The van der Waals surface area contributed by atoms with Crippen molar-refractivity contribution in [3.63, 3.8) is 0 Å². The predicted molar refractivity (Wildman–Crippen MR) is 87.5 cm³/mol. The Morgan fingerprint density at radius 3 is 2.15 bits per heavy atom. The molecule has 1 atom stereocenters. The maximum absolute atomic E-state index is 12.5. The molecule has 0 aliphatic carbocycles. The summed E-state index contributed by atoms with van der Waals surface area (Å²) in [6.07, 6.45) is 2.20. The first kappa shape index (κ1) is 15.6. The molecule has 1 aromatic carbocycles. The molecule has 1 unspecified atom stereocenters. The number of hydrogen-bond donors (Lipinski definition) is 0. The lowest BCUT2D eigenvalue weighted by Gasteiger charge is -2.33. The predicted octanol–water partition coefficient (Wildman–Crippen LogP) is 4.45. The third-order valence-corrected chi connectivity index (χ3v) is 5.05. The highest BCUT2D eigenvalue weighted by Gasteiger charge is 2.25. The zero-order valence-electron chi connectivity index (χ0n) is 12.6. The van der Waals surface area contributed by atoms with Gasteiger partial charge in [-0.15, -0.1) is 0 Å². The van der Waals surface area contributed by atoms with Gasteiger partial charge in [0.2, 0.25) is 0 Å². The first-order valence-corrected chi connectivity index (χ1v) is 8.44. The molecule has 1 aliphatic heterocycles. The Labute approximate surface area is 130 Å². The Morgan fingerprint density at radius 2 is 1.70 bits per heavy atom. The molecule has 3 heteroatoms. The molecule has 0 radical (unpaired) electrons. The van der Waals surface area contributed by atoms with E-state index >= 15 is 0 Å². The van der Waals surface area contributed by atoms with Crippen LogP contribution in [0.15, 0.2) is 24.3 Å². The number of piperidine rings is 1. The Hall–Kier alpha value is -0.830. The first-order valence-electron chi connectivity index (χ1n) is 7.52. The summed E-state index contributed by atoms with van der Waals surface area (Å²) in [7, 11) is 0. The quantitative estimate of drug-likeness (QED) is 0.746. The third-order valence-electron chi connectivity index (χ3n) is 4.30. The van der Waals surface area contributed by atoms with E-state index in [9.17, 15) is 4.79 Å². The van der Waals surface area contributed by atoms with Crippen LogP contribution in [0.2, 0.25) is 0 Å². The van der Waals surface area contributed by atoms with Crippen LogP contribution in [-0.2, 0) is 0 Å². The molecule has 1 aliphatic rings. The maximum atomic E-state index is 12.5. The molecule has 0 spiro atoms. The van der Waals surface area contributed by atoms with Gasteiger partial charge in [0, 0.05) is 23.5 Å². The minimum absolute atomic E-state index is 0.181. The van der Waals surface area contributed by atoms with E-state index in [1.54, 1.807) is 0 Å². The number of carbonyl (C=O) groups excluding carboxylic acids is 1. The number of benzene rings is 1. The zero-order chi connectivity index (χ0) is 14.7. The maximum Gasteiger partial charge on any atom is 0.253 e. The Kier molecular flexibility index (Phi) is 5.25. The van der Waals surface area contributed by atoms with Gasteiger partial charge in [-0.1, -0.05) is 48.8 Å². The van der Waals surface area contributed by atoms with Gasteiger partial charge >= 0.3 is 0 Å². The summed E-state index contributed by atoms with van der Waals surface area (Å²) in [6, 6.07) is 8.09. The number of rotatable bonds is 3. The molecule has 1 heterocycles. The van der Waals surface area contributed by atoms with Crippen molar-refractivity contribution in [2.75, 3.05) is 13.1 Å². The fourth-order valence-corrected chi connectivity index (χ4v) is 3.28. The van der Waals surface area contributed by atoms with Gasteiger partial charge in [0.05, 0.1) is 0 Å². The SMILES string of the molecule is CC(C)c1ccc(C(=O)N2CCC(C(C)Br)CC2)cc1. The van der Waals surface area contributed by atoms with Crippen LogP contribution in [0.25, 0.3) is 0 Å². The molecule has 2 rings (SSSR count). The molecule has 1 amide bonds. The molecule has 0 saturated carbocycles. The lowest BCUT2D eigenvalue weighted by atomic mass is 9.94. The van der Waals surface area contributed by atoms with Crippen molar-refractivity contribution in [1.82, 2.24) is 4.90 Å². The second kappa shape index (κ2) is 6.75. The van der Waals surface area contributed by atoms with Gasteiger partial charge in [-0.2, -0.15) is 0 Å². The zero-order valence-corrected chi connectivity index (χ0v) is 14.2. The highest BCUT2D eigenvalue weighted by atomic mass is 79.9. The van der Waals surface area contributed by atoms with Crippen LogP contribution in [0.1, 0.15) is 55.5 Å². The number of amides is 1. The molecular formula is C17H24BrNO. The molecule has 0 N–H and O–H groups in total. The number of nitrogens with zero attached hydrogens (tertiary/aromatic N) is 1. The number of carbonyl (C=O) groups is 1. The van der Waals surface area contributed by atoms with E-state index in [-0.39, 0.29) is 5.91 Å². The highest BCUT2D eigenvalue weighted by Crippen LogP contribution is 2.26. The molecule has 110 valence electrons. The average molecular weight is 338 g/mol. The Bertz CT molecular complexity index is 445. The van der Waals surface area contributed by atoms with Gasteiger partial charge < -0.3 is 4.90 Å². The van der Waals surface area contributed by atoms with E-state index in [0.717, 1.165) is 31.5 Å². The van der Waals surface area contributed by atoms with Crippen molar-refractivity contribution < 1.29 is 4.79 Å². The van der Waals surface area contributed by atoms with Crippen molar-refractivity contribution in [2.24, 2.45) is 5.92 Å². The van der Waals surface area contributed by atoms with Gasteiger partial charge in [0.25, 0.3) is 5.91 Å². The van der Waals surface area contributed by atoms with Gasteiger partial charge in [-0.05, 0) is 42.4 Å². The number of likely N-dealkylation sites (tertiary alicyclic amines) is 1. The van der Waals surface area contributed by atoms with Crippen LogP contribution in [-0.4, -0.2) is 28.7 Å². The van der Waals surface area contributed by atoms with E-state index < -0.39 is 0 Å². The van der Waals surface area contributed by atoms with Gasteiger partial charge in [0.15, 0.2) is 0 Å². The molecule has 20 heavy (non-hydrogen) atoms. The van der Waals surface area contributed by atoms with E-state index in [1.165, 1.54) is 5.56 Å². The van der Waals surface area contributed by atoms with Gasteiger partial charge in [0.1, 0.15) is 0 Å². The van der Waals surface area contributed by atoms with Crippen molar-refractivity contribution in [3.05, 3.63) is 35.4 Å². The summed E-state index contributed by atoms with van der Waals surface area (Å²) in [5, 5.41) is 0. The van der Waals surface area contributed by atoms with Crippen LogP contribution in [0, 0.1) is 5.92 Å². The molecule has 1 saturated heterocycles. The van der Waals surface area contributed by atoms with E-state index in [0.29, 0.717) is 16.7 Å². The summed E-state index contributed by atoms with van der Waals surface area (Å²) in [5.41, 5.74) is 2.10. The largest absolute Gasteiger partial charge is 0.339 e. The van der Waals surface area contributed by atoms with Crippen LogP contribution in [0.4, 0.5) is 0 Å². The topological polar surface area (TPSA) is 20.3 Å². The minimum Gasteiger partial charge on any atom is -0.339 e. The fourth-order valence-electron chi connectivity index (χ4n) is 2.76. The number of halogens is 1. The van der Waals surface area contributed by atoms with Crippen molar-refractivity contribution in [3.8, 4) is 0 Å². The van der Waals surface area contributed by atoms with Gasteiger partial charge in [-0.3, -0.25) is 4.79 Å². The molecule has 1 fully saturated rings. The van der Waals surface area contributed by atoms with E-state index in [2.05, 4.69) is 48.8 Å². The molecule has 0 bridgehead atoms. The van der Waals surface area contributed by atoms with Crippen LogP contribution in [0.5, 0.6) is 0 Å². The Balaban J connectivity index is 1.98. The summed E-state index contributed by atoms with van der Waals surface area (Å²) in [6.45, 7) is 8.30. The monoisotopic (exact) mass is 337 g/mol. The second-order valence-corrected chi connectivity index (χ2v) is 7.53. The summed E-state index contributed by atoms with van der Waals surface area (Å²) < 4.78 is 0. The van der Waals surface area contributed by atoms with Crippen LogP contribution >= 0.6 is 15.9 Å². The standard InChI is InChI=1S/C17H24BrNO/c1-12(2)14-4-6-16(7-5-14)17(20)19-10-8-15(9-11-19)13(3)18/h4-7,12-13,15H,8-11H2,1-3H3. The molecular weight excluding hydrogens is 314 g/mol. The molecule has 2 nitrogen and oxygen atoms in total. The third kappa shape index (κ3) is 3.63. The highest BCUT2D eigenvalue weighted by molar-refractivity contribution is 9.09. The normalized spacial score (nSPS) is 18.4. The Morgan fingerprint density at radius 1 is 1.15 bits per heavy atom. The van der Waals surface area contributed by atoms with Gasteiger partial charge in [-0.25, -0.2) is 0 Å². The smallest absolute Gasteiger partial charge is 0.253 e. The first-order chi connectivity index (χ1) is 9.49. The average Bonchev–Trinajstić information content (AvgIpc) is 2.46. The lowest BCUT2D eigenvalue weighted by Crippen LogP contribution is -2.39. The van der Waals surface area contributed by atoms with Crippen LogP contribution in [0.3, 0.4) is 0 Å². The van der Waals surface area contributed by atoms with Crippen molar-refractivity contribution in [2.45, 2.75) is 44.4 Å². The fraction of sp³-hybridized carbons (Fsp3) is 0.588. The summed E-state index contributed by atoms with van der Waals surface area (Å²) >= 11 is 3.66. The van der Waals surface area contributed by atoms with E-state index in [4.69, 9.17) is 0 Å². The molecule has 1 aromatic rings. The number of hydrogen-bond acceptors (Lipinski definition) is 1. The summed E-state index contributed by atoms with van der Waals surface area (Å²) in [5.74, 6) is 1.39. The summed E-state index contributed by atoms with van der Waals surface area (Å²) in [4.78, 5) is 15.0. The number of alkyl halides is 1. The van der Waals surface area contributed by atoms with Crippen molar-refractivity contribution in [1.29, 1.82) is 0 Å². The van der Waals surface area contributed by atoms with Crippen molar-refractivity contribution >= 4 is 21.8 Å². The lowest BCUT2D eigenvalue weighted by molar-refractivity contribution is 0.0691. The van der Waals surface area contributed by atoms with E-state index in [1.807, 2.05) is 17.0 Å². The second-order valence-electron chi connectivity index (χ2n) is 6.08.